The lowest BCUT2D eigenvalue weighted by molar-refractivity contribution is -0.144. The highest BCUT2D eigenvalue weighted by molar-refractivity contribution is 5.85. The van der Waals surface area contributed by atoms with Crippen molar-refractivity contribution in [2.45, 2.75) is 37.0 Å². The Balaban J connectivity index is 1.87. The van der Waals surface area contributed by atoms with Gasteiger partial charge in [0.2, 0.25) is 0 Å². The second kappa shape index (κ2) is 7.78. The van der Waals surface area contributed by atoms with Gasteiger partial charge in [-0.05, 0) is 53.2 Å². The zero-order valence-corrected chi connectivity index (χ0v) is 18.9. The fourth-order valence-corrected chi connectivity index (χ4v) is 7.01. The van der Waals surface area contributed by atoms with E-state index >= 15 is 0 Å². The van der Waals surface area contributed by atoms with E-state index in [0.717, 1.165) is 36.0 Å². The number of hydrogen-bond acceptors (Lipinski definition) is 5. The summed E-state index contributed by atoms with van der Waals surface area (Å²) >= 11 is 0. The summed E-state index contributed by atoms with van der Waals surface area (Å²) in [5.41, 5.74) is 1.25. The van der Waals surface area contributed by atoms with E-state index in [4.69, 9.17) is 9.47 Å². The van der Waals surface area contributed by atoms with Crippen molar-refractivity contribution in [3.05, 3.63) is 70.8 Å². The summed E-state index contributed by atoms with van der Waals surface area (Å²) in [6, 6.07) is 20.5. The maximum Gasteiger partial charge on any atom is 0.313 e. The number of carbonyl (C=O) groups is 1. The quantitative estimate of drug-likeness (QED) is 0.620. The molecule has 0 aromatic heterocycles. The zero-order chi connectivity index (χ0) is 23.2. The fraction of sp³-hybridized carbons (Fsp3) is 0.393. The molecule has 5 nitrogen and oxygen atoms in total. The first-order chi connectivity index (χ1) is 16.1. The Hall–Kier alpha value is -3.57. The first kappa shape index (κ1) is 21.3. The number of rotatable bonds is 3. The van der Waals surface area contributed by atoms with Gasteiger partial charge in [0.15, 0.2) is 5.41 Å². The topological polar surface area (TPSA) is 83.1 Å². The lowest BCUT2D eigenvalue weighted by atomic mass is 9.48. The SMILES string of the molecule is COC(=O)[C@@H]1C2=Cc3ccc(OC)cc3C(C#N)(C#N)C23CCCC[C@@H]3[C@H]1c1ccccc1. The summed E-state index contributed by atoms with van der Waals surface area (Å²) in [5.74, 6) is -0.390. The summed E-state index contributed by atoms with van der Waals surface area (Å²) in [5, 5.41) is 21.4. The molecular formula is C28H26N2O3. The maximum atomic E-state index is 13.3. The van der Waals surface area contributed by atoms with Crippen LogP contribution in [0, 0.1) is 39.9 Å². The Labute approximate surface area is 194 Å². The predicted molar refractivity (Wildman–Crippen MR) is 123 cm³/mol. The Morgan fingerprint density at radius 1 is 1.06 bits per heavy atom. The van der Waals surface area contributed by atoms with Gasteiger partial charge < -0.3 is 9.47 Å². The van der Waals surface area contributed by atoms with E-state index in [1.807, 2.05) is 36.4 Å². The summed E-state index contributed by atoms with van der Waals surface area (Å²) in [6.45, 7) is 0. The maximum absolute atomic E-state index is 13.3. The second-order valence-electron chi connectivity index (χ2n) is 9.29. The van der Waals surface area contributed by atoms with Crippen LogP contribution in [0.25, 0.3) is 6.08 Å². The highest BCUT2D eigenvalue weighted by atomic mass is 16.5. The molecule has 0 amide bonds. The van der Waals surface area contributed by atoms with Gasteiger partial charge in [0.05, 0.1) is 32.3 Å². The van der Waals surface area contributed by atoms with Crippen LogP contribution >= 0.6 is 0 Å². The molecule has 4 atom stereocenters. The number of esters is 1. The Morgan fingerprint density at radius 3 is 2.48 bits per heavy atom. The average Bonchev–Trinajstić information content (AvgIpc) is 3.18. The molecule has 1 unspecified atom stereocenters. The first-order valence-corrected chi connectivity index (χ1v) is 11.4. The summed E-state index contributed by atoms with van der Waals surface area (Å²) in [4.78, 5) is 13.3. The van der Waals surface area contributed by atoms with Gasteiger partial charge in [-0.3, -0.25) is 4.79 Å². The first-order valence-electron chi connectivity index (χ1n) is 11.4. The molecule has 0 N–H and O–H groups in total. The highest BCUT2D eigenvalue weighted by Crippen LogP contribution is 2.72. The van der Waals surface area contributed by atoms with Crippen LogP contribution in [0.4, 0.5) is 0 Å². The molecule has 2 fully saturated rings. The molecule has 0 radical (unpaired) electrons. The van der Waals surface area contributed by atoms with Crippen molar-refractivity contribution in [1.29, 1.82) is 10.5 Å². The van der Waals surface area contributed by atoms with Crippen LogP contribution in [0.1, 0.15) is 48.3 Å². The van der Waals surface area contributed by atoms with Gasteiger partial charge in [0.25, 0.3) is 0 Å². The van der Waals surface area contributed by atoms with Crippen molar-refractivity contribution < 1.29 is 14.3 Å². The Bertz CT molecular complexity index is 1210. The molecule has 3 aliphatic rings. The average molecular weight is 439 g/mol. The third-order valence-electron chi connectivity index (χ3n) is 8.23. The summed E-state index contributed by atoms with van der Waals surface area (Å²) < 4.78 is 10.8. The van der Waals surface area contributed by atoms with Gasteiger partial charge in [-0.1, -0.05) is 55.3 Å². The molecule has 33 heavy (non-hydrogen) atoms. The van der Waals surface area contributed by atoms with E-state index in [-0.39, 0.29) is 17.8 Å². The molecule has 2 aromatic carbocycles. The molecular weight excluding hydrogens is 412 g/mol. The molecule has 0 saturated heterocycles. The molecule has 1 spiro atoms. The molecule has 2 aromatic rings. The van der Waals surface area contributed by atoms with Crippen molar-refractivity contribution in [3.63, 3.8) is 0 Å². The van der Waals surface area contributed by atoms with Crippen molar-refractivity contribution >= 4 is 12.0 Å². The lowest BCUT2D eigenvalue weighted by Crippen LogP contribution is -2.51. The minimum atomic E-state index is -1.41. The van der Waals surface area contributed by atoms with Crippen LogP contribution < -0.4 is 4.74 Å². The standard InChI is InChI=1S/C28H26N2O3/c1-32-20-12-11-19-14-23-25(26(31)33-2)24(18-8-4-3-5-9-18)21-10-6-7-13-28(21,23)27(16-29,17-30)22(19)15-20/h3-5,8-9,11-12,14-15,21,24-25H,6-7,10,13H2,1-2H3/t21-,24-,25-,28?/m1/s1. The fourth-order valence-electron chi connectivity index (χ4n) is 7.01. The number of methoxy groups -OCH3 is 2. The molecule has 0 aliphatic heterocycles. The van der Waals surface area contributed by atoms with Crippen LogP contribution in [0.2, 0.25) is 0 Å². The van der Waals surface area contributed by atoms with Gasteiger partial charge in [-0.15, -0.1) is 0 Å². The summed E-state index contributed by atoms with van der Waals surface area (Å²) in [7, 11) is 3.01. The van der Waals surface area contributed by atoms with Crippen LogP contribution in [-0.2, 0) is 14.9 Å². The van der Waals surface area contributed by atoms with E-state index in [2.05, 4.69) is 30.3 Å². The lowest BCUT2D eigenvalue weighted by Gasteiger charge is -2.51. The molecule has 2 saturated carbocycles. The molecule has 5 heteroatoms. The van der Waals surface area contributed by atoms with Crippen LogP contribution in [0.15, 0.2) is 54.1 Å². The van der Waals surface area contributed by atoms with Crippen molar-refractivity contribution in [1.82, 2.24) is 0 Å². The highest BCUT2D eigenvalue weighted by Gasteiger charge is 2.70. The third-order valence-corrected chi connectivity index (χ3v) is 8.23. The van der Waals surface area contributed by atoms with Gasteiger partial charge in [0, 0.05) is 11.3 Å². The van der Waals surface area contributed by atoms with Crippen LogP contribution in [0.5, 0.6) is 5.75 Å². The minimum Gasteiger partial charge on any atom is -0.497 e. The number of ether oxygens (including phenoxy) is 2. The van der Waals surface area contributed by atoms with E-state index in [1.54, 1.807) is 7.11 Å². The second-order valence-corrected chi connectivity index (χ2v) is 9.29. The van der Waals surface area contributed by atoms with E-state index in [1.165, 1.54) is 7.11 Å². The van der Waals surface area contributed by atoms with Crippen LogP contribution in [0.3, 0.4) is 0 Å². The molecule has 0 heterocycles. The van der Waals surface area contributed by atoms with E-state index in [0.29, 0.717) is 17.7 Å². The summed E-state index contributed by atoms with van der Waals surface area (Å²) in [6.07, 6.45) is 5.53. The third kappa shape index (κ3) is 2.66. The molecule has 3 aliphatic carbocycles. The zero-order valence-electron chi connectivity index (χ0n) is 18.9. The smallest absolute Gasteiger partial charge is 0.313 e. The Kier molecular flexibility index (Phi) is 5.02. The van der Waals surface area contributed by atoms with E-state index < -0.39 is 16.7 Å². The van der Waals surface area contributed by atoms with Gasteiger partial charge in [-0.25, -0.2) is 0 Å². The van der Waals surface area contributed by atoms with E-state index in [9.17, 15) is 15.3 Å². The number of nitrogens with zero attached hydrogens (tertiary/aromatic N) is 2. The van der Waals surface area contributed by atoms with Crippen LogP contribution in [-0.4, -0.2) is 20.2 Å². The number of carbonyl (C=O) groups excluding carboxylic acids is 1. The number of hydrogen-bond donors (Lipinski definition) is 0. The van der Waals surface area contributed by atoms with Crippen molar-refractivity contribution in [3.8, 4) is 17.9 Å². The van der Waals surface area contributed by atoms with Crippen molar-refractivity contribution in [2.75, 3.05) is 14.2 Å². The number of benzene rings is 2. The molecule has 166 valence electrons. The molecule has 5 rings (SSSR count). The number of nitriles is 2. The largest absolute Gasteiger partial charge is 0.497 e. The minimum absolute atomic E-state index is 0.0253. The van der Waals surface area contributed by atoms with Gasteiger partial charge in [0.1, 0.15) is 5.75 Å². The van der Waals surface area contributed by atoms with Gasteiger partial charge in [-0.2, -0.15) is 10.5 Å². The normalized spacial score (nSPS) is 28.7. The van der Waals surface area contributed by atoms with Gasteiger partial charge >= 0.3 is 5.97 Å². The Morgan fingerprint density at radius 2 is 1.82 bits per heavy atom. The predicted octanol–water partition coefficient (Wildman–Crippen LogP) is 5.14. The monoisotopic (exact) mass is 438 g/mol. The van der Waals surface area contributed by atoms with Crippen molar-refractivity contribution in [2.24, 2.45) is 17.3 Å². The number of fused-ring (bicyclic) bond motifs is 1. The molecule has 0 bridgehead atoms.